The zero-order valence-electron chi connectivity index (χ0n) is 13.1. The Labute approximate surface area is 139 Å². The van der Waals surface area contributed by atoms with E-state index in [0.29, 0.717) is 0 Å². The van der Waals surface area contributed by atoms with Gasteiger partial charge in [0.1, 0.15) is 0 Å². The zero-order valence-corrected chi connectivity index (χ0v) is 14.0. The highest BCUT2D eigenvalue weighted by Crippen LogP contribution is 2.21. The molecule has 1 aliphatic heterocycles. The van der Waals surface area contributed by atoms with Crippen LogP contribution in [0, 0.1) is 5.92 Å². The van der Waals surface area contributed by atoms with Gasteiger partial charge in [-0.3, -0.25) is 0 Å². The summed E-state index contributed by atoms with van der Waals surface area (Å²) in [5.74, 6) is 0.812. The van der Waals surface area contributed by atoms with E-state index in [1.54, 1.807) is 0 Å². The minimum Gasteiger partial charge on any atom is -0.303 e. The van der Waals surface area contributed by atoms with E-state index in [-0.39, 0.29) is 0 Å². The van der Waals surface area contributed by atoms with E-state index in [0.717, 1.165) is 17.2 Å². The van der Waals surface area contributed by atoms with Crippen LogP contribution >= 0.6 is 12.6 Å². The molecule has 2 heteroatoms. The van der Waals surface area contributed by atoms with Gasteiger partial charge in [-0.15, -0.1) is 12.6 Å². The van der Waals surface area contributed by atoms with Gasteiger partial charge in [0.15, 0.2) is 0 Å². The van der Waals surface area contributed by atoms with E-state index in [4.69, 9.17) is 0 Å². The number of rotatable bonds is 5. The van der Waals surface area contributed by atoms with Crippen molar-refractivity contribution >= 4 is 12.6 Å². The summed E-state index contributed by atoms with van der Waals surface area (Å²) in [7, 11) is 0. The molecule has 1 nitrogen and oxygen atoms in total. The predicted molar refractivity (Wildman–Crippen MR) is 96.7 cm³/mol. The van der Waals surface area contributed by atoms with Crippen molar-refractivity contribution in [3.63, 3.8) is 0 Å². The van der Waals surface area contributed by atoms with Crippen molar-refractivity contribution in [3.8, 4) is 0 Å². The SMILES string of the molecule is Sc1cccc(CCN2CCCC(Cc3ccccc3)C2)c1. The minimum absolute atomic E-state index is 0.812. The third-order valence-electron chi connectivity index (χ3n) is 4.60. The van der Waals surface area contributed by atoms with Crippen molar-refractivity contribution in [3.05, 3.63) is 65.7 Å². The molecule has 0 amide bonds. The molecule has 1 saturated heterocycles. The third-order valence-corrected chi connectivity index (χ3v) is 4.88. The molecular formula is C20H25NS. The molecule has 0 bridgehead atoms. The van der Waals surface area contributed by atoms with Gasteiger partial charge in [-0.25, -0.2) is 0 Å². The molecule has 0 spiro atoms. The average Bonchev–Trinajstić information content (AvgIpc) is 2.54. The first-order chi connectivity index (χ1) is 10.8. The fraction of sp³-hybridized carbons (Fsp3) is 0.400. The number of hydrogen-bond acceptors (Lipinski definition) is 2. The molecule has 1 atom stereocenters. The van der Waals surface area contributed by atoms with Gasteiger partial charge >= 0.3 is 0 Å². The molecule has 1 heterocycles. The van der Waals surface area contributed by atoms with Crippen LogP contribution in [0.25, 0.3) is 0 Å². The van der Waals surface area contributed by atoms with Crippen molar-refractivity contribution < 1.29 is 0 Å². The van der Waals surface area contributed by atoms with Crippen molar-refractivity contribution in [2.45, 2.75) is 30.6 Å². The van der Waals surface area contributed by atoms with Crippen molar-refractivity contribution in [1.29, 1.82) is 0 Å². The first-order valence-corrected chi connectivity index (χ1v) is 8.78. The molecule has 0 N–H and O–H groups in total. The van der Waals surface area contributed by atoms with E-state index < -0.39 is 0 Å². The van der Waals surface area contributed by atoms with Gasteiger partial charge < -0.3 is 4.90 Å². The number of likely N-dealkylation sites (tertiary alicyclic amines) is 1. The van der Waals surface area contributed by atoms with Gasteiger partial charge in [0.25, 0.3) is 0 Å². The maximum absolute atomic E-state index is 4.43. The van der Waals surface area contributed by atoms with E-state index in [1.165, 1.54) is 50.0 Å². The summed E-state index contributed by atoms with van der Waals surface area (Å²) in [6, 6.07) is 19.5. The van der Waals surface area contributed by atoms with Crippen LogP contribution in [0.2, 0.25) is 0 Å². The molecule has 1 fully saturated rings. The largest absolute Gasteiger partial charge is 0.303 e. The molecule has 22 heavy (non-hydrogen) atoms. The molecule has 0 saturated carbocycles. The average molecular weight is 311 g/mol. The summed E-state index contributed by atoms with van der Waals surface area (Å²) >= 11 is 4.43. The number of piperidine rings is 1. The van der Waals surface area contributed by atoms with Gasteiger partial charge in [-0.2, -0.15) is 0 Å². The van der Waals surface area contributed by atoms with Crippen LogP contribution in [0.5, 0.6) is 0 Å². The molecule has 116 valence electrons. The molecular weight excluding hydrogens is 286 g/mol. The lowest BCUT2D eigenvalue weighted by atomic mass is 9.91. The van der Waals surface area contributed by atoms with Crippen LogP contribution in [-0.4, -0.2) is 24.5 Å². The fourth-order valence-electron chi connectivity index (χ4n) is 3.47. The summed E-state index contributed by atoms with van der Waals surface area (Å²) in [5, 5.41) is 0. The van der Waals surface area contributed by atoms with Crippen molar-refractivity contribution in [2.24, 2.45) is 5.92 Å². The number of hydrogen-bond donors (Lipinski definition) is 1. The molecule has 0 aliphatic carbocycles. The highest BCUT2D eigenvalue weighted by atomic mass is 32.1. The zero-order chi connectivity index (χ0) is 15.2. The molecule has 0 radical (unpaired) electrons. The Morgan fingerprint density at radius 2 is 1.82 bits per heavy atom. The Morgan fingerprint density at radius 1 is 1.00 bits per heavy atom. The maximum atomic E-state index is 4.43. The van der Waals surface area contributed by atoms with Crippen LogP contribution in [0.15, 0.2) is 59.5 Å². The Kier molecular flexibility index (Phi) is 5.58. The minimum atomic E-state index is 0.812. The summed E-state index contributed by atoms with van der Waals surface area (Å²) in [4.78, 5) is 3.71. The van der Waals surface area contributed by atoms with Gasteiger partial charge in [0.2, 0.25) is 0 Å². The Bertz CT molecular complexity index is 581. The normalized spacial score (nSPS) is 19.2. The smallest absolute Gasteiger partial charge is 0.00427 e. The van der Waals surface area contributed by atoms with Crippen molar-refractivity contribution in [2.75, 3.05) is 19.6 Å². The fourth-order valence-corrected chi connectivity index (χ4v) is 3.72. The summed E-state index contributed by atoms with van der Waals surface area (Å²) in [6.07, 6.45) is 5.07. The second-order valence-corrected chi connectivity index (χ2v) is 6.93. The highest BCUT2D eigenvalue weighted by molar-refractivity contribution is 7.80. The summed E-state index contributed by atoms with van der Waals surface area (Å²) in [6.45, 7) is 3.67. The van der Waals surface area contributed by atoms with Gasteiger partial charge in [0, 0.05) is 18.0 Å². The summed E-state index contributed by atoms with van der Waals surface area (Å²) < 4.78 is 0. The number of thiol groups is 1. The van der Waals surface area contributed by atoms with Crippen molar-refractivity contribution in [1.82, 2.24) is 4.90 Å². The van der Waals surface area contributed by atoms with Gasteiger partial charge in [0.05, 0.1) is 0 Å². The molecule has 0 aromatic heterocycles. The highest BCUT2D eigenvalue weighted by Gasteiger charge is 2.19. The van der Waals surface area contributed by atoms with Crippen LogP contribution in [0.1, 0.15) is 24.0 Å². The quantitative estimate of drug-likeness (QED) is 0.797. The van der Waals surface area contributed by atoms with Gasteiger partial charge in [-0.05, 0) is 61.4 Å². The van der Waals surface area contributed by atoms with E-state index >= 15 is 0 Å². The lowest BCUT2D eigenvalue weighted by Crippen LogP contribution is -2.37. The van der Waals surface area contributed by atoms with E-state index in [1.807, 2.05) is 6.07 Å². The Balaban J connectivity index is 1.50. The van der Waals surface area contributed by atoms with Gasteiger partial charge in [-0.1, -0.05) is 42.5 Å². The standard InChI is InChI=1S/C20H25NS/c22-20-10-4-8-18(15-20)11-13-21-12-5-9-19(16-21)14-17-6-2-1-3-7-17/h1-4,6-8,10,15,19,22H,5,9,11-14,16H2. The predicted octanol–water partition coefficient (Wildman–Crippen LogP) is 4.47. The third kappa shape index (κ3) is 4.62. The molecule has 3 rings (SSSR count). The summed E-state index contributed by atoms with van der Waals surface area (Å²) in [5.41, 5.74) is 2.88. The van der Waals surface area contributed by atoms with Crippen LogP contribution in [-0.2, 0) is 12.8 Å². The molecule has 1 unspecified atom stereocenters. The topological polar surface area (TPSA) is 3.24 Å². The first kappa shape index (κ1) is 15.6. The monoisotopic (exact) mass is 311 g/mol. The lowest BCUT2D eigenvalue weighted by molar-refractivity contribution is 0.176. The lowest BCUT2D eigenvalue weighted by Gasteiger charge is -2.33. The second kappa shape index (κ2) is 7.85. The molecule has 1 aliphatic rings. The number of nitrogens with zero attached hydrogens (tertiary/aromatic N) is 1. The van der Waals surface area contributed by atoms with E-state index in [2.05, 4.69) is 66.1 Å². The second-order valence-electron chi connectivity index (χ2n) is 6.42. The van der Waals surface area contributed by atoms with E-state index in [9.17, 15) is 0 Å². The maximum Gasteiger partial charge on any atom is 0.00427 e. The van der Waals surface area contributed by atoms with Crippen LogP contribution in [0.3, 0.4) is 0 Å². The molecule has 2 aromatic carbocycles. The van der Waals surface area contributed by atoms with Crippen LogP contribution in [0.4, 0.5) is 0 Å². The Hall–Kier alpha value is -1.25. The Morgan fingerprint density at radius 3 is 2.64 bits per heavy atom. The number of benzene rings is 2. The first-order valence-electron chi connectivity index (χ1n) is 8.34. The molecule has 2 aromatic rings. The van der Waals surface area contributed by atoms with Crippen LogP contribution < -0.4 is 0 Å².